The van der Waals surface area contributed by atoms with E-state index in [1.54, 1.807) is 6.92 Å². The molecule has 2 rings (SSSR count). The number of carboxylic acids is 1. The largest absolute Gasteiger partial charge is 0.477 e. The Kier molecular flexibility index (Phi) is 4.97. The number of aromatic carboxylic acids is 1. The van der Waals surface area contributed by atoms with E-state index in [2.05, 4.69) is 16.6 Å². The van der Waals surface area contributed by atoms with Crippen molar-refractivity contribution in [2.24, 2.45) is 5.92 Å². The fourth-order valence-electron chi connectivity index (χ4n) is 2.20. The van der Waals surface area contributed by atoms with Crippen molar-refractivity contribution in [3.05, 3.63) is 15.6 Å². The number of aromatic nitrogens is 1. The second-order valence-corrected chi connectivity index (χ2v) is 8.07. The molecule has 1 fully saturated rings. The molecule has 0 atom stereocenters. The van der Waals surface area contributed by atoms with Crippen LogP contribution < -0.4 is 4.72 Å². The molecule has 7 nitrogen and oxygen atoms in total. The van der Waals surface area contributed by atoms with Crippen LogP contribution in [0.25, 0.3) is 0 Å². The molecule has 0 bridgehead atoms. The number of aryl methyl sites for hydroxylation is 1. The molecule has 0 aromatic carbocycles. The van der Waals surface area contributed by atoms with Crippen LogP contribution in [0.5, 0.6) is 0 Å². The lowest BCUT2D eigenvalue weighted by Crippen LogP contribution is -2.44. The van der Waals surface area contributed by atoms with Crippen LogP contribution >= 0.6 is 11.3 Å². The third-order valence-electron chi connectivity index (χ3n) is 3.52. The molecule has 118 valence electrons. The predicted molar refractivity (Wildman–Crippen MR) is 79.5 cm³/mol. The maximum atomic E-state index is 12.2. The topological polar surface area (TPSA) is 99.6 Å². The molecule has 0 unspecified atom stereocenters. The van der Waals surface area contributed by atoms with E-state index < -0.39 is 16.2 Å². The van der Waals surface area contributed by atoms with Crippen molar-refractivity contribution in [3.8, 4) is 0 Å². The summed E-state index contributed by atoms with van der Waals surface area (Å²) in [6.07, 6.45) is 1.72. The van der Waals surface area contributed by atoms with Crippen LogP contribution in [0.15, 0.2) is 0 Å². The number of carbonyl (C=O) groups is 1. The summed E-state index contributed by atoms with van der Waals surface area (Å²) in [5.74, 6) is -0.486. The van der Waals surface area contributed by atoms with E-state index in [4.69, 9.17) is 5.11 Å². The zero-order chi connectivity index (χ0) is 15.6. The van der Waals surface area contributed by atoms with Gasteiger partial charge in [-0.3, -0.25) is 0 Å². The second-order valence-electron chi connectivity index (χ2n) is 5.24. The van der Waals surface area contributed by atoms with Gasteiger partial charge in [0, 0.05) is 13.1 Å². The number of thiazole rings is 1. The molecular formula is C12H19N3O4S2. The maximum absolute atomic E-state index is 12.2. The Morgan fingerprint density at radius 3 is 2.62 bits per heavy atom. The summed E-state index contributed by atoms with van der Waals surface area (Å²) in [4.78, 5) is 15.2. The minimum atomic E-state index is -3.53. The summed E-state index contributed by atoms with van der Waals surface area (Å²) >= 11 is 0.999. The van der Waals surface area contributed by atoms with Crippen LogP contribution in [0.1, 0.15) is 40.1 Å². The van der Waals surface area contributed by atoms with Gasteiger partial charge in [-0.15, -0.1) is 11.3 Å². The van der Waals surface area contributed by atoms with E-state index in [-0.39, 0.29) is 11.4 Å². The van der Waals surface area contributed by atoms with Crippen molar-refractivity contribution in [2.45, 2.75) is 33.2 Å². The number of nitrogens with zero attached hydrogens (tertiary/aromatic N) is 2. The molecule has 2 heterocycles. The zero-order valence-corrected chi connectivity index (χ0v) is 13.6. The highest BCUT2D eigenvalue weighted by Gasteiger charge is 2.26. The highest BCUT2D eigenvalue weighted by molar-refractivity contribution is 7.87. The first kappa shape index (κ1) is 16.3. The molecule has 0 radical (unpaired) electrons. The molecule has 2 N–H and O–H groups in total. The van der Waals surface area contributed by atoms with E-state index >= 15 is 0 Å². The molecule has 0 amide bonds. The molecule has 0 saturated carbocycles. The van der Waals surface area contributed by atoms with Crippen LogP contribution in [0.4, 0.5) is 0 Å². The summed E-state index contributed by atoms with van der Waals surface area (Å²) in [7, 11) is -3.53. The lowest BCUT2D eigenvalue weighted by Gasteiger charge is -2.29. The highest BCUT2D eigenvalue weighted by Crippen LogP contribution is 2.20. The van der Waals surface area contributed by atoms with E-state index in [9.17, 15) is 13.2 Å². The van der Waals surface area contributed by atoms with Crippen molar-refractivity contribution in [1.29, 1.82) is 0 Å². The summed E-state index contributed by atoms with van der Waals surface area (Å²) in [5.41, 5.74) is 0.411. The summed E-state index contributed by atoms with van der Waals surface area (Å²) < 4.78 is 28.3. The van der Waals surface area contributed by atoms with Crippen LogP contribution in [-0.4, -0.2) is 41.9 Å². The van der Waals surface area contributed by atoms with Crippen LogP contribution in [0, 0.1) is 12.8 Å². The van der Waals surface area contributed by atoms with Gasteiger partial charge >= 0.3 is 5.97 Å². The van der Waals surface area contributed by atoms with Gasteiger partial charge in [0.2, 0.25) is 0 Å². The summed E-state index contributed by atoms with van der Waals surface area (Å²) in [6.45, 7) is 4.78. The SMILES string of the molecule is Cc1nc(CNS(=O)(=O)N2CCC(C)CC2)sc1C(=O)O. The Morgan fingerprint density at radius 2 is 2.10 bits per heavy atom. The number of piperidine rings is 1. The van der Waals surface area contributed by atoms with Crippen LogP contribution in [-0.2, 0) is 16.8 Å². The van der Waals surface area contributed by atoms with Crippen LogP contribution in [0.2, 0.25) is 0 Å². The Labute approximate surface area is 128 Å². The van der Waals surface area contributed by atoms with Gasteiger partial charge in [-0.25, -0.2) is 9.78 Å². The number of rotatable bonds is 5. The monoisotopic (exact) mass is 333 g/mol. The number of carboxylic acid groups (broad SMARTS) is 1. The Hall–Kier alpha value is -1.03. The van der Waals surface area contributed by atoms with Gasteiger partial charge in [0.15, 0.2) is 0 Å². The third-order valence-corrected chi connectivity index (χ3v) is 6.22. The fraction of sp³-hybridized carbons (Fsp3) is 0.667. The quantitative estimate of drug-likeness (QED) is 0.844. The van der Waals surface area contributed by atoms with Gasteiger partial charge in [-0.1, -0.05) is 6.92 Å². The number of hydrogen-bond donors (Lipinski definition) is 2. The highest BCUT2D eigenvalue weighted by atomic mass is 32.2. The third kappa shape index (κ3) is 4.00. The lowest BCUT2D eigenvalue weighted by molar-refractivity contribution is 0.0701. The average molecular weight is 333 g/mol. The molecule has 21 heavy (non-hydrogen) atoms. The molecule has 1 aromatic rings. The molecule has 1 aliphatic heterocycles. The average Bonchev–Trinajstić information content (AvgIpc) is 2.79. The molecular weight excluding hydrogens is 314 g/mol. The minimum Gasteiger partial charge on any atom is -0.477 e. The molecule has 0 spiro atoms. The van der Waals surface area contributed by atoms with Gasteiger partial charge < -0.3 is 5.11 Å². The lowest BCUT2D eigenvalue weighted by atomic mass is 10.0. The first-order valence-corrected chi connectivity index (χ1v) is 8.99. The van der Waals surface area contributed by atoms with Crippen molar-refractivity contribution >= 4 is 27.5 Å². The van der Waals surface area contributed by atoms with Gasteiger partial charge in [0.1, 0.15) is 9.88 Å². The Bertz CT molecular complexity index is 618. The van der Waals surface area contributed by atoms with Crippen molar-refractivity contribution < 1.29 is 18.3 Å². The second kappa shape index (κ2) is 6.39. The Balaban J connectivity index is 1.98. The number of hydrogen-bond acceptors (Lipinski definition) is 5. The Morgan fingerprint density at radius 1 is 1.48 bits per heavy atom. The summed E-state index contributed by atoms with van der Waals surface area (Å²) in [6, 6.07) is 0. The van der Waals surface area contributed by atoms with E-state index in [0.29, 0.717) is 29.7 Å². The molecule has 9 heteroatoms. The summed E-state index contributed by atoms with van der Waals surface area (Å²) in [5, 5.41) is 9.42. The van der Waals surface area contributed by atoms with Crippen molar-refractivity contribution in [1.82, 2.24) is 14.0 Å². The van der Waals surface area contributed by atoms with Gasteiger partial charge in [0.05, 0.1) is 12.2 Å². The molecule has 1 saturated heterocycles. The fourth-order valence-corrected chi connectivity index (χ4v) is 4.32. The van der Waals surface area contributed by atoms with Crippen LogP contribution in [0.3, 0.4) is 0 Å². The van der Waals surface area contributed by atoms with Gasteiger partial charge in [-0.2, -0.15) is 17.4 Å². The first-order valence-electron chi connectivity index (χ1n) is 6.74. The van der Waals surface area contributed by atoms with E-state index in [0.717, 1.165) is 24.2 Å². The van der Waals surface area contributed by atoms with Gasteiger partial charge in [-0.05, 0) is 25.7 Å². The smallest absolute Gasteiger partial charge is 0.347 e. The van der Waals surface area contributed by atoms with E-state index in [1.165, 1.54) is 4.31 Å². The first-order chi connectivity index (χ1) is 9.79. The minimum absolute atomic E-state index is 0.0210. The number of nitrogens with one attached hydrogen (secondary N) is 1. The predicted octanol–water partition coefficient (Wildman–Crippen LogP) is 1.22. The van der Waals surface area contributed by atoms with Crippen molar-refractivity contribution in [2.75, 3.05) is 13.1 Å². The molecule has 0 aliphatic carbocycles. The van der Waals surface area contributed by atoms with Gasteiger partial charge in [0.25, 0.3) is 10.2 Å². The normalized spacial score (nSPS) is 18.0. The maximum Gasteiger partial charge on any atom is 0.347 e. The van der Waals surface area contributed by atoms with Crippen molar-refractivity contribution in [3.63, 3.8) is 0 Å². The molecule has 1 aliphatic rings. The zero-order valence-electron chi connectivity index (χ0n) is 12.0. The molecule has 1 aromatic heterocycles. The standard InChI is InChI=1S/C12H19N3O4S2/c1-8-3-5-15(6-4-8)21(18,19)13-7-10-14-9(2)11(20-10)12(16)17/h8,13H,3-7H2,1-2H3,(H,16,17). The van der Waals surface area contributed by atoms with E-state index in [1.807, 2.05) is 0 Å².